The molecule has 0 amide bonds. The van der Waals surface area contributed by atoms with Gasteiger partial charge in [-0.25, -0.2) is 0 Å². The Hall–Kier alpha value is -0.570. The average Bonchev–Trinajstić information content (AvgIpc) is 2.11. The molecule has 0 aliphatic rings. The molecule has 0 aromatic rings. The fourth-order valence-electron chi connectivity index (χ4n) is 1.43. The predicted molar refractivity (Wildman–Crippen MR) is 53.5 cm³/mol. The van der Waals surface area contributed by atoms with Gasteiger partial charge in [0.25, 0.3) is 0 Å². The van der Waals surface area contributed by atoms with Crippen LogP contribution in [0.25, 0.3) is 0 Å². The second-order valence-electron chi connectivity index (χ2n) is 3.62. The summed E-state index contributed by atoms with van der Waals surface area (Å²) in [7, 11) is 0. The molecule has 78 valence electrons. The lowest BCUT2D eigenvalue weighted by molar-refractivity contribution is -0.142. The summed E-state index contributed by atoms with van der Waals surface area (Å²) in [4.78, 5) is 10.7. The number of carboxylic acids is 1. The highest BCUT2D eigenvalue weighted by Gasteiger charge is 2.21. The van der Waals surface area contributed by atoms with Crippen molar-refractivity contribution in [3.05, 3.63) is 0 Å². The molecule has 0 aliphatic heterocycles. The van der Waals surface area contributed by atoms with Crippen LogP contribution in [-0.4, -0.2) is 17.6 Å². The van der Waals surface area contributed by atoms with E-state index in [2.05, 4.69) is 6.92 Å². The van der Waals surface area contributed by atoms with Gasteiger partial charge in [-0.1, -0.05) is 33.1 Å². The van der Waals surface area contributed by atoms with Crippen molar-refractivity contribution in [1.29, 1.82) is 0 Å². The largest absolute Gasteiger partial charge is 0.481 e. The topological polar surface area (TPSA) is 63.3 Å². The van der Waals surface area contributed by atoms with E-state index in [0.717, 1.165) is 12.8 Å². The number of carboxylic acid groups (broad SMARTS) is 1. The summed E-state index contributed by atoms with van der Waals surface area (Å²) in [6.45, 7) is 4.36. The summed E-state index contributed by atoms with van der Waals surface area (Å²) in [6, 6.07) is 0. The lowest BCUT2D eigenvalue weighted by Crippen LogP contribution is -2.27. The molecule has 0 saturated heterocycles. The Kier molecular flexibility index (Phi) is 6.59. The van der Waals surface area contributed by atoms with Gasteiger partial charge in [0.1, 0.15) is 0 Å². The van der Waals surface area contributed by atoms with Crippen LogP contribution in [0.3, 0.4) is 0 Å². The molecule has 0 spiro atoms. The molecule has 0 saturated carbocycles. The third kappa shape index (κ3) is 4.88. The van der Waals surface area contributed by atoms with Crippen LogP contribution in [0.1, 0.15) is 39.5 Å². The molecule has 0 rings (SSSR count). The maximum atomic E-state index is 10.7. The second kappa shape index (κ2) is 6.89. The third-order valence-corrected chi connectivity index (χ3v) is 2.58. The van der Waals surface area contributed by atoms with Crippen molar-refractivity contribution in [2.45, 2.75) is 39.5 Å². The highest BCUT2D eigenvalue weighted by molar-refractivity contribution is 5.69. The minimum absolute atomic E-state index is 0.143. The Morgan fingerprint density at radius 1 is 1.46 bits per heavy atom. The van der Waals surface area contributed by atoms with Crippen LogP contribution in [0.15, 0.2) is 0 Å². The minimum Gasteiger partial charge on any atom is -0.481 e. The van der Waals surface area contributed by atoms with Crippen LogP contribution < -0.4 is 5.73 Å². The summed E-state index contributed by atoms with van der Waals surface area (Å²) >= 11 is 0. The number of hydrogen-bond acceptors (Lipinski definition) is 2. The number of nitrogens with two attached hydrogens (primary N) is 1. The smallest absolute Gasteiger partial charge is 0.306 e. The van der Waals surface area contributed by atoms with Crippen molar-refractivity contribution in [2.75, 3.05) is 6.54 Å². The predicted octanol–water partition coefficient (Wildman–Crippen LogP) is 1.86. The molecule has 3 heteroatoms. The van der Waals surface area contributed by atoms with Crippen LogP contribution in [0.2, 0.25) is 0 Å². The van der Waals surface area contributed by atoms with Crippen LogP contribution in [0, 0.1) is 11.8 Å². The number of rotatable bonds is 7. The monoisotopic (exact) mass is 187 g/mol. The Morgan fingerprint density at radius 3 is 2.46 bits per heavy atom. The van der Waals surface area contributed by atoms with E-state index < -0.39 is 5.97 Å². The van der Waals surface area contributed by atoms with E-state index in [1.165, 1.54) is 12.8 Å². The summed E-state index contributed by atoms with van der Waals surface area (Å²) < 4.78 is 0. The summed E-state index contributed by atoms with van der Waals surface area (Å²) in [5.41, 5.74) is 5.53. The molecule has 0 aromatic heterocycles. The molecule has 2 atom stereocenters. The van der Waals surface area contributed by atoms with Crippen molar-refractivity contribution in [1.82, 2.24) is 0 Å². The standard InChI is InChI=1S/C10H21NO2/c1-3-4-5-6-9(7-11)8(2)10(12)13/h8-9H,3-7,11H2,1-2H3,(H,12,13). The maximum absolute atomic E-state index is 10.7. The molecular formula is C10H21NO2. The molecule has 0 radical (unpaired) electrons. The van der Waals surface area contributed by atoms with E-state index in [9.17, 15) is 4.79 Å². The first-order valence-corrected chi connectivity index (χ1v) is 5.06. The van der Waals surface area contributed by atoms with Crippen molar-refractivity contribution < 1.29 is 9.90 Å². The molecule has 0 aromatic carbocycles. The van der Waals surface area contributed by atoms with E-state index in [0.29, 0.717) is 6.54 Å². The highest BCUT2D eigenvalue weighted by atomic mass is 16.4. The Labute approximate surface area is 80.3 Å². The van der Waals surface area contributed by atoms with E-state index in [1.54, 1.807) is 6.92 Å². The summed E-state index contributed by atoms with van der Waals surface area (Å²) in [6.07, 6.45) is 4.37. The van der Waals surface area contributed by atoms with Gasteiger partial charge >= 0.3 is 5.97 Å². The van der Waals surface area contributed by atoms with Crippen LogP contribution in [0.5, 0.6) is 0 Å². The first-order chi connectivity index (χ1) is 6.13. The lowest BCUT2D eigenvalue weighted by Gasteiger charge is -2.18. The fourth-order valence-corrected chi connectivity index (χ4v) is 1.43. The molecule has 13 heavy (non-hydrogen) atoms. The fraction of sp³-hybridized carbons (Fsp3) is 0.900. The molecular weight excluding hydrogens is 166 g/mol. The van der Waals surface area contributed by atoms with Crippen molar-refractivity contribution in [3.8, 4) is 0 Å². The lowest BCUT2D eigenvalue weighted by atomic mass is 9.89. The number of unbranched alkanes of at least 4 members (excludes halogenated alkanes) is 2. The van der Waals surface area contributed by atoms with E-state index in [1.807, 2.05) is 0 Å². The van der Waals surface area contributed by atoms with Crippen LogP contribution in [-0.2, 0) is 4.79 Å². The SMILES string of the molecule is CCCCCC(CN)C(C)C(=O)O. The molecule has 0 aliphatic carbocycles. The van der Waals surface area contributed by atoms with Gasteiger partial charge in [-0.3, -0.25) is 4.79 Å². The molecule has 0 heterocycles. The molecule has 0 bridgehead atoms. The second-order valence-corrected chi connectivity index (χ2v) is 3.62. The Balaban J connectivity index is 3.80. The third-order valence-electron chi connectivity index (χ3n) is 2.58. The molecule has 3 N–H and O–H groups in total. The zero-order valence-corrected chi connectivity index (χ0v) is 8.62. The van der Waals surface area contributed by atoms with Crippen molar-refractivity contribution >= 4 is 5.97 Å². The van der Waals surface area contributed by atoms with Gasteiger partial charge < -0.3 is 10.8 Å². The van der Waals surface area contributed by atoms with E-state index in [-0.39, 0.29) is 11.8 Å². The normalized spacial score (nSPS) is 15.3. The Bertz CT molecular complexity index is 148. The van der Waals surface area contributed by atoms with Gasteiger partial charge in [0, 0.05) is 0 Å². The molecule has 2 unspecified atom stereocenters. The molecule has 3 nitrogen and oxygen atoms in total. The number of hydrogen-bond donors (Lipinski definition) is 2. The quantitative estimate of drug-likeness (QED) is 0.598. The van der Waals surface area contributed by atoms with Crippen LogP contribution in [0.4, 0.5) is 0 Å². The van der Waals surface area contributed by atoms with Gasteiger partial charge in [-0.15, -0.1) is 0 Å². The van der Waals surface area contributed by atoms with Gasteiger partial charge in [-0.05, 0) is 18.9 Å². The van der Waals surface area contributed by atoms with E-state index in [4.69, 9.17) is 10.8 Å². The molecule has 0 fully saturated rings. The zero-order valence-electron chi connectivity index (χ0n) is 8.62. The zero-order chi connectivity index (χ0) is 10.3. The Morgan fingerprint density at radius 2 is 2.08 bits per heavy atom. The van der Waals surface area contributed by atoms with Gasteiger partial charge in [0.05, 0.1) is 5.92 Å². The minimum atomic E-state index is -0.730. The summed E-state index contributed by atoms with van der Waals surface area (Å²) in [5.74, 6) is -0.891. The number of carbonyl (C=O) groups is 1. The maximum Gasteiger partial charge on any atom is 0.306 e. The van der Waals surface area contributed by atoms with Crippen LogP contribution >= 0.6 is 0 Å². The first kappa shape index (κ1) is 12.4. The van der Waals surface area contributed by atoms with Crippen molar-refractivity contribution in [3.63, 3.8) is 0 Å². The van der Waals surface area contributed by atoms with Gasteiger partial charge in [0.15, 0.2) is 0 Å². The summed E-state index contributed by atoms with van der Waals surface area (Å²) in [5, 5.41) is 8.78. The van der Waals surface area contributed by atoms with Gasteiger partial charge in [0.2, 0.25) is 0 Å². The highest BCUT2D eigenvalue weighted by Crippen LogP contribution is 2.18. The first-order valence-electron chi connectivity index (χ1n) is 5.06. The van der Waals surface area contributed by atoms with Crippen molar-refractivity contribution in [2.24, 2.45) is 17.6 Å². The van der Waals surface area contributed by atoms with Gasteiger partial charge in [-0.2, -0.15) is 0 Å². The average molecular weight is 187 g/mol. The van der Waals surface area contributed by atoms with E-state index >= 15 is 0 Å². The number of aliphatic carboxylic acids is 1.